The molecule has 0 aliphatic heterocycles. The number of aromatic nitrogens is 2. The molecular weight excluding hydrogens is 280 g/mol. The summed E-state index contributed by atoms with van der Waals surface area (Å²) in [6.45, 7) is 0.426. The molecule has 0 radical (unpaired) electrons. The molecule has 3 rings (SSSR count). The molecule has 1 aromatic heterocycles. The lowest BCUT2D eigenvalue weighted by Crippen LogP contribution is -2.28. The molecule has 0 bridgehead atoms. The number of carbonyl (C=O) groups is 1. The molecule has 0 fully saturated rings. The first kappa shape index (κ1) is 13.9. The quantitative estimate of drug-likeness (QED) is 0.692. The number of nitrogens with one attached hydrogen (secondary N) is 3. The first-order valence-corrected chi connectivity index (χ1v) is 6.85. The molecule has 3 N–H and O–H groups in total. The average molecular weight is 296 g/mol. The molecule has 0 aliphatic rings. The van der Waals surface area contributed by atoms with E-state index in [4.69, 9.17) is 4.74 Å². The van der Waals surface area contributed by atoms with Crippen molar-refractivity contribution in [2.45, 2.75) is 6.54 Å². The van der Waals surface area contributed by atoms with Crippen LogP contribution in [0.3, 0.4) is 0 Å². The van der Waals surface area contributed by atoms with Gasteiger partial charge in [0, 0.05) is 12.2 Å². The normalized spacial score (nSPS) is 10.4. The summed E-state index contributed by atoms with van der Waals surface area (Å²) in [6.07, 6.45) is 1.62. The average Bonchev–Trinajstić information content (AvgIpc) is 3.01. The van der Waals surface area contributed by atoms with Gasteiger partial charge in [0.05, 0.1) is 24.5 Å². The van der Waals surface area contributed by atoms with Crippen LogP contribution in [0.2, 0.25) is 0 Å². The summed E-state index contributed by atoms with van der Waals surface area (Å²) in [5, 5.41) is 5.60. The van der Waals surface area contributed by atoms with Crippen LogP contribution in [0.25, 0.3) is 11.0 Å². The van der Waals surface area contributed by atoms with Crippen molar-refractivity contribution in [2.75, 3.05) is 12.4 Å². The van der Waals surface area contributed by atoms with Crippen molar-refractivity contribution in [3.8, 4) is 5.75 Å². The van der Waals surface area contributed by atoms with E-state index in [0.717, 1.165) is 22.3 Å². The summed E-state index contributed by atoms with van der Waals surface area (Å²) in [5.74, 6) is 0.768. The predicted octanol–water partition coefficient (Wildman–Crippen LogP) is 2.89. The number of nitrogens with zero attached hydrogens (tertiary/aromatic N) is 1. The highest BCUT2D eigenvalue weighted by Crippen LogP contribution is 2.15. The Morgan fingerprint density at radius 1 is 1.27 bits per heavy atom. The van der Waals surface area contributed by atoms with Crippen molar-refractivity contribution in [3.05, 3.63) is 54.4 Å². The maximum absolute atomic E-state index is 11.9. The minimum Gasteiger partial charge on any atom is -0.497 e. The van der Waals surface area contributed by atoms with Crippen LogP contribution in [0.5, 0.6) is 5.75 Å². The van der Waals surface area contributed by atoms with Crippen LogP contribution >= 0.6 is 0 Å². The second kappa shape index (κ2) is 6.17. The fourth-order valence-electron chi connectivity index (χ4n) is 2.15. The van der Waals surface area contributed by atoms with Crippen molar-refractivity contribution >= 4 is 22.8 Å². The van der Waals surface area contributed by atoms with Crippen LogP contribution in [0.15, 0.2) is 48.8 Å². The summed E-state index contributed by atoms with van der Waals surface area (Å²) in [4.78, 5) is 19.1. The number of carbonyl (C=O) groups excluding carboxylic acids is 1. The highest BCUT2D eigenvalue weighted by molar-refractivity contribution is 5.91. The maximum Gasteiger partial charge on any atom is 0.319 e. The van der Waals surface area contributed by atoms with Gasteiger partial charge in [0.1, 0.15) is 5.75 Å². The van der Waals surface area contributed by atoms with Crippen LogP contribution in [0, 0.1) is 0 Å². The SMILES string of the molecule is COc1cccc(CNC(=O)Nc2ccc3nc[nH]c3c2)c1. The summed E-state index contributed by atoms with van der Waals surface area (Å²) < 4.78 is 5.15. The molecule has 22 heavy (non-hydrogen) atoms. The third kappa shape index (κ3) is 3.17. The molecule has 3 aromatic rings. The second-order valence-electron chi connectivity index (χ2n) is 4.79. The number of fused-ring (bicyclic) bond motifs is 1. The number of aromatic amines is 1. The molecule has 0 spiro atoms. The smallest absolute Gasteiger partial charge is 0.319 e. The molecule has 0 atom stereocenters. The number of ether oxygens (including phenoxy) is 1. The number of rotatable bonds is 4. The Bertz CT molecular complexity index is 797. The molecular formula is C16H16N4O2. The predicted molar refractivity (Wildman–Crippen MR) is 84.9 cm³/mol. The lowest BCUT2D eigenvalue weighted by molar-refractivity contribution is 0.251. The van der Waals surface area contributed by atoms with E-state index in [1.54, 1.807) is 13.4 Å². The number of hydrogen-bond acceptors (Lipinski definition) is 3. The van der Waals surface area contributed by atoms with Gasteiger partial charge < -0.3 is 20.4 Å². The van der Waals surface area contributed by atoms with Gasteiger partial charge in [-0.15, -0.1) is 0 Å². The minimum atomic E-state index is -0.262. The van der Waals surface area contributed by atoms with Gasteiger partial charge in [-0.05, 0) is 35.9 Å². The molecule has 0 aliphatic carbocycles. The van der Waals surface area contributed by atoms with E-state index >= 15 is 0 Å². The highest BCUT2D eigenvalue weighted by Gasteiger charge is 2.04. The molecule has 0 saturated carbocycles. The van der Waals surface area contributed by atoms with E-state index < -0.39 is 0 Å². The Morgan fingerprint density at radius 2 is 2.18 bits per heavy atom. The Balaban J connectivity index is 1.59. The number of urea groups is 1. The molecule has 112 valence electrons. The van der Waals surface area contributed by atoms with Gasteiger partial charge in [-0.25, -0.2) is 9.78 Å². The number of anilines is 1. The number of benzene rings is 2. The van der Waals surface area contributed by atoms with E-state index in [2.05, 4.69) is 20.6 Å². The van der Waals surface area contributed by atoms with Gasteiger partial charge >= 0.3 is 6.03 Å². The van der Waals surface area contributed by atoms with Gasteiger partial charge in [0.25, 0.3) is 0 Å². The van der Waals surface area contributed by atoms with Crippen LogP contribution in [-0.2, 0) is 6.54 Å². The number of H-pyrrole nitrogens is 1. The summed E-state index contributed by atoms with van der Waals surface area (Å²) in [7, 11) is 1.62. The van der Waals surface area contributed by atoms with Gasteiger partial charge in [-0.2, -0.15) is 0 Å². The molecule has 2 amide bonds. The first-order valence-electron chi connectivity index (χ1n) is 6.85. The number of amides is 2. The largest absolute Gasteiger partial charge is 0.497 e. The zero-order valence-electron chi connectivity index (χ0n) is 12.1. The van der Waals surface area contributed by atoms with Crippen molar-refractivity contribution in [1.29, 1.82) is 0 Å². The van der Waals surface area contributed by atoms with Gasteiger partial charge in [0.2, 0.25) is 0 Å². The fraction of sp³-hybridized carbons (Fsp3) is 0.125. The lowest BCUT2D eigenvalue weighted by Gasteiger charge is -2.08. The third-order valence-corrected chi connectivity index (χ3v) is 3.27. The minimum absolute atomic E-state index is 0.262. The maximum atomic E-state index is 11.9. The zero-order chi connectivity index (χ0) is 15.4. The number of imidazole rings is 1. The lowest BCUT2D eigenvalue weighted by atomic mass is 10.2. The summed E-state index contributed by atoms with van der Waals surface area (Å²) >= 11 is 0. The molecule has 6 heteroatoms. The topological polar surface area (TPSA) is 79.0 Å². The summed E-state index contributed by atoms with van der Waals surface area (Å²) in [6, 6.07) is 12.8. The van der Waals surface area contributed by atoms with E-state index in [0.29, 0.717) is 12.2 Å². The Hall–Kier alpha value is -3.02. The van der Waals surface area contributed by atoms with E-state index in [1.807, 2.05) is 42.5 Å². The van der Waals surface area contributed by atoms with Gasteiger partial charge in [0.15, 0.2) is 0 Å². The second-order valence-corrected chi connectivity index (χ2v) is 4.79. The molecule has 1 heterocycles. The molecule has 0 saturated heterocycles. The Kier molecular flexibility index (Phi) is 3.91. The van der Waals surface area contributed by atoms with E-state index in [-0.39, 0.29) is 6.03 Å². The Labute approximate surface area is 127 Å². The zero-order valence-corrected chi connectivity index (χ0v) is 12.1. The van der Waals surface area contributed by atoms with E-state index in [1.165, 1.54) is 0 Å². The molecule has 6 nitrogen and oxygen atoms in total. The van der Waals surface area contributed by atoms with Crippen LogP contribution in [-0.4, -0.2) is 23.1 Å². The van der Waals surface area contributed by atoms with Gasteiger partial charge in [-0.3, -0.25) is 0 Å². The Morgan fingerprint density at radius 3 is 3.05 bits per heavy atom. The van der Waals surface area contributed by atoms with Gasteiger partial charge in [-0.1, -0.05) is 12.1 Å². The van der Waals surface area contributed by atoms with Crippen molar-refractivity contribution in [3.63, 3.8) is 0 Å². The van der Waals surface area contributed by atoms with E-state index in [9.17, 15) is 4.79 Å². The van der Waals surface area contributed by atoms with Crippen molar-refractivity contribution in [1.82, 2.24) is 15.3 Å². The first-order chi connectivity index (χ1) is 10.7. The highest BCUT2D eigenvalue weighted by atomic mass is 16.5. The monoisotopic (exact) mass is 296 g/mol. The summed E-state index contributed by atoms with van der Waals surface area (Å²) in [5.41, 5.74) is 3.42. The standard InChI is InChI=1S/C16H16N4O2/c1-22-13-4-2-3-11(7-13)9-17-16(21)20-12-5-6-14-15(8-12)19-10-18-14/h2-8,10H,9H2,1H3,(H,18,19)(H2,17,20,21). The van der Waals surface area contributed by atoms with Crippen LogP contribution < -0.4 is 15.4 Å². The molecule has 0 unspecified atom stereocenters. The number of hydrogen-bond donors (Lipinski definition) is 3. The van der Waals surface area contributed by atoms with Crippen LogP contribution in [0.4, 0.5) is 10.5 Å². The van der Waals surface area contributed by atoms with Crippen molar-refractivity contribution in [2.24, 2.45) is 0 Å². The fourth-order valence-corrected chi connectivity index (χ4v) is 2.15. The number of methoxy groups -OCH3 is 1. The van der Waals surface area contributed by atoms with Crippen LogP contribution in [0.1, 0.15) is 5.56 Å². The third-order valence-electron chi connectivity index (χ3n) is 3.27. The molecule has 2 aromatic carbocycles. The van der Waals surface area contributed by atoms with Crippen molar-refractivity contribution < 1.29 is 9.53 Å².